The summed E-state index contributed by atoms with van der Waals surface area (Å²) in [6.07, 6.45) is 5.06. The lowest BCUT2D eigenvalue weighted by Gasteiger charge is -2.18. The number of aliphatic hydroxyl groups excluding tert-OH is 1. The number of aromatic nitrogens is 3. The maximum Gasteiger partial charge on any atom is 0.140 e. The van der Waals surface area contributed by atoms with Crippen molar-refractivity contribution in [2.24, 2.45) is 5.92 Å². The van der Waals surface area contributed by atoms with Crippen molar-refractivity contribution in [2.45, 2.75) is 25.3 Å². The van der Waals surface area contributed by atoms with Gasteiger partial charge in [-0.3, -0.25) is 4.57 Å². The quantitative estimate of drug-likeness (QED) is 0.735. The van der Waals surface area contributed by atoms with Crippen molar-refractivity contribution in [3.05, 3.63) is 48.8 Å². The number of nitrogens with one attached hydrogen (secondary N) is 1. The summed E-state index contributed by atoms with van der Waals surface area (Å²) in [5, 5.41) is 12.7. The van der Waals surface area contributed by atoms with Crippen LogP contribution in [-0.2, 0) is 0 Å². The molecule has 3 aromatic rings. The summed E-state index contributed by atoms with van der Waals surface area (Å²) in [6, 6.07) is 14.3. The fraction of sp³-hybridized carbons (Fsp3) is 0.333. The SMILES string of the molecule is OCCC(Nc1cccc(-n2cnc3ccccc32)n1)C1CC1. The van der Waals surface area contributed by atoms with E-state index < -0.39 is 0 Å². The van der Waals surface area contributed by atoms with Crippen molar-refractivity contribution in [3.8, 4) is 5.82 Å². The average Bonchev–Trinajstić information content (AvgIpc) is 3.34. The lowest BCUT2D eigenvalue weighted by atomic mass is 10.1. The second kappa shape index (κ2) is 6.01. The van der Waals surface area contributed by atoms with Crippen LogP contribution >= 0.6 is 0 Å². The van der Waals surface area contributed by atoms with Gasteiger partial charge in [-0.2, -0.15) is 0 Å². The van der Waals surface area contributed by atoms with Crippen molar-refractivity contribution in [2.75, 3.05) is 11.9 Å². The van der Waals surface area contributed by atoms with Gasteiger partial charge in [0.2, 0.25) is 0 Å². The molecule has 0 radical (unpaired) electrons. The van der Waals surface area contributed by atoms with E-state index in [4.69, 9.17) is 4.98 Å². The maximum atomic E-state index is 9.24. The summed E-state index contributed by atoms with van der Waals surface area (Å²) in [7, 11) is 0. The van der Waals surface area contributed by atoms with E-state index in [1.807, 2.05) is 53.4 Å². The van der Waals surface area contributed by atoms with Gasteiger partial charge in [-0.15, -0.1) is 0 Å². The van der Waals surface area contributed by atoms with E-state index >= 15 is 0 Å². The Kier molecular flexibility index (Phi) is 3.71. The second-order valence-corrected chi connectivity index (χ2v) is 6.08. The van der Waals surface area contributed by atoms with Gasteiger partial charge in [0, 0.05) is 12.6 Å². The molecule has 1 fully saturated rings. The molecule has 2 aromatic heterocycles. The van der Waals surface area contributed by atoms with E-state index in [2.05, 4.69) is 10.3 Å². The van der Waals surface area contributed by atoms with Crippen LogP contribution < -0.4 is 5.32 Å². The number of nitrogens with zero attached hydrogens (tertiary/aromatic N) is 3. The van der Waals surface area contributed by atoms with Crippen LogP contribution in [0.3, 0.4) is 0 Å². The van der Waals surface area contributed by atoms with Crippen molar-refractivity contribution in [3.63, 3.8) is 0 Å². The Bertz CT molecular complexity index is 809. The molecule has 2 N–H and O–H groups in total. The molecule has 1 aliphatic rings. The number of benzene rings is 1. The predicted octanol–water partition coefficient (Wildman–Crippen LogP) is 2.99. The first-order valence-corrected chi connectivity index (χ1v) is 8.12. The third-order valence-electron chi connectivity index (χ3n) is 4.40. The van der Waals surface area contributed by atoms with Crippen molar-refractivity contribution in [1.82, 2.24) is 14.5 Å². The zero-order valence-corrected chi connectivity index (χ0v) is 12.9. The van der Waals surface area contributed by atoms with Crippen LogP contribution in [0.4, 0.5) is 5.82 Å². The molecule has 1 saturated carbocycles. The van der Waals surface area contributed by atoms with Crippen LogP contribution in [0.15, 0.2) is 48.8 Å². The highest BCUT2D eigenvalue weighted by molar-refractivity contribution is 5.76. The average molecular weight is 308 g/mol. The summed E-state index contributed by atoms with van der Waals surface area (Å²) in [6.45, 7) is 0.208. The Balaban J connectivity index is 1.63. The number of aliphatic hydroxyl groups is 1. The molecule has 2 heterocycles. The normalized spacial score (nSPS) is 15.7. The molecule has 5 nitrogen and oxygen atoms in total. The third kappa shape index (κ3) is 2.92. The summed E-state index contributed by atoms with van der Waals surface area (Å²) in [4.78, 5) is 9.15. The minimum atomic E-state index is 0.208. The molecule has 0 aliphatic heterocycles. The highest BCUT2D eigenvalue weighted by atomic mass is 16.3. The predicted molar refractivity (Wildman–Crippen MR) is 90.7 cm³/mol. The topological polar surface area (TPSA) is 63.0 Å². The number of hydrogen-bond donors (Lipinski definition) is 2. The molecule has 23 heavy (non-hydrogen) atoms. The smallest absolute Gasteiger partial charge is 0.140 e. The molecule has 0 spiro atoms. The van der Waals surface area contributed by atoms with E-state index in [0.717, 1.165) is 29.1 Å². The number of pyridine rings is 1. The third-order valence-corrected chi connectivity index (χ3v) is 4.40. The summed E-state index contributed by atoms with van der Waals surface area (Å²) in [5.74, 6) is 2.37. The van der Waals surface area contributed by atoms with Crippen molar-refractivity contribution >= 4 is 16.9 Å². The summed E-state index contributed by atoms with van der Waals surface area (Å²) >= 11 is 0. The van der Waals surface area contributed by atoms with E-state index in [0.29, 0.717) is 12.0 Å². The lowest BCUT2D eigenvalue weighted by molar-refractivity contribution is 0.274. The van der Waals surface area contributed by atoms with Crippen molar-refractivity contribution in [1.29, 1.82) is 0 Å². The number of para-hydroxylation sites is 2. The van der Waals surface area contributed by atoms with Crippen molar-refractivity contribution < 1.29 is 5.11 Å². The van der Waals surface area contributed by atoms with E-state index in [1.165, 1.54) is 12.8 Å². The zero-order chi connectivity index (χ0) is 15.6. The van der Waals surface area contributed by atoms with E-state index in [-0.39, 0.29) is 6.61 Å². The Morgan fingerprint density at radius 1 is 1.17 bits per heavy atom. The van der Waals surface area contributed by atoms with Gasteiger partial charge < -0.3 is 10.4 Å². The Morgan fingerprint density at radius 2 is 2.04 bits per heavy atom. The highest BCUT2D eigenvalue weighted by Crippen LogP contribution is 2.35. The minimum absolute atomic E-state index is 0.208. The first kappa shape index (κ1) is 14.2. The number of anilines is 1. The monoisotopic (exact) mass is 308 g/mol. The van der Waals surface area contributed by atoms with Crippen LogP contribution in [0.2, 0.25) is 0 Å². The molecule has 118 valence electrons. The summed E-state index contributed by atoms with van der Waals surface area (Å²) in [5.41, 5.74) is 2.01. The van der Waals surface area contributed by atoms with Crippen LogP contribution in [0.5, 0.6) is 0 Å². The van der Waals surface area contributed by atoms with Crippen LogP contribution in [0, 0.1) is 5.92 Å². The van der Waals surface area contributed by atoms with E-state index in [9.17, 15) is 5.11 Å². The molecule has 5 heteroatoms. The molecule has 1 atom stereocenters. The molecule has 4 rings (SSSR count). The summed E-state index contributed by atoms with van der Waals surface area (Å²) < 4.78 is 2.00. The van der Waals surface area contributed by atoms with Crippen LogP contribution in [0.1, 0.15) is 19.3 Å². The van der Waals surface area contributed by atoms with Gasteiger partial charge in [-0.1, -0.05) is 18.2 Å². The molecule has 0 saturated heterocycles. The standard InChI is InChI=1S/C18H20N4O/c23-11-10-14(13-8-9-13)20-17-6-3-7-18(21-17)22-12-19-15-4-1-2-5-16(15)22/h1-7,12-14,23H,8-11H2,(H,20,21). The first-order valence-electron chi connectivity index (χ1n) is 8.12. The van der Waals surface area contributed by atoms with E-state index in [1.54, 1.807) is 0 Å². The Labute approximate surface area is 135 Å². The maximum absolute atomic E-state index is 9.24. The highest BCUT2D eigenvalue weighted by Gasteiger charge is 2.30. The van der Waals surface area contributed by atoms with Gasteiger partial charge in [0.1, 0.15) is 18.0 Å². The van der Waals surface area contributed by atoms with Gasteiger partial charge in [0.25, 0.3) is 0 Å². The Morgan fingerprint density at radius 3 is 2.87 bits per heavy atom. The van der Waals surface area contributed by atoms with Crippen LogP contribution in [0.25, 0.3) is 16.9 Å². The van der Waals surface area contributed by atoms with Gasteiger partial charge in [-0.25, -0.2) is 9.97 Å². The fourth-order valence-electron chi connectivity index (χ4n) is 3.03. The number of fused-ring (bicyclic) bond motifs is 1. The minimum Gasteiger partial charge on any atom is -0.396 e. The molecular weight excluding hydrogens is 288 g/mol. The van der Waals surface area contributed by atoms with Gasteiger partial charge in [0.15, 0.2) is 0 Å². The zero-order valence-electron chi connectivity index (χ0n) is 12.9. The molecule has 1 aliphatic carbocycles. The molecule has 0 bridgehead atoms. The van der Waals surface area contributed by atoms with Crippen LogP contribution in [-0.4, -0.2) is 32.3 Å². The van der Waals surface area contributed by atoms with Gasteiger partial charge in [-0.05, 0) is 49.4 Å². The molecule has 1 aromatic carbocycles. The van der Waals surface area contributed by atoms with Gasteiger partial charge in [0.05, 0.1) is 11.0 Å². The largest absolute Gasteiger partial charge is 0.396 e. The Hall–Kier alpha value is -2.40. The van der Waals surface area contributed by atoms with Gasteiger partial charge >= 0.3 is 0 Å². The number of imidazole rings is 1. The molecule has 0 amide bonds. The second-order valence-electron chi connectivity index (χ2n) is 6.08. The molecular formula is C18H20N4O. The number of rotatable bonds is 6. The first-order chi connectivity index (χ1) is 11.3. The molecule has 1 unspecified atom stereocenters. The fourth-order valence-corrected chi connectivity index (χ4v) is 3.03. The lowest BCUT2D eigenvalue weighted by Crippen LogP contribution is -2.24. The number of hydrogen-bond acceptors (Lipinski definition) is 4.